The Kier molecular flexibility index (Phi) is 6.08. The van der Waals surface area contributed by atoms with Crippen molar-refractivity contribution in [2.45, 2.75) is 33.9 Å². The topological polar surface area (TPSA) is 62.6 Å². The van der Waals surface area contributed by atoms with Crippen molar-refractivity contribution in [2.75, 3.05) is 5.32 Å². The first-order chi connectivity index (χ1) is 15.4. The van der Waals surface area contributed by atoms with Gasteiger partial charge in [0.25, 0.3) is 0 Å². The van der Waals surface area contributed by atoms with Gasteiger partial charge in [-0.1, -0.05) is 48.0 Å². The predicted octanol–water partition coefficient (Wildman–Crippen LogP) is 5.95. The van der Waals surface area contributed by atoms with E-state index >= 15 is 0 Å². The van der Waals surface area contributed by atoms with E-state index in [0.29, 0.717) is 23.1 Å². The van der Waals surface area contributed by atoms with Gasteiger partial charge < -0.3 is 14.6 Å². The summed E-state index contributed by atoms with van der Waals surface area (Å²) in [4.78, 5) is 28.0. The van der Waals surface area contributed by atoms with Crippen LogP contribution in [0.4, 0.5) is 10.5 Å². The second kappa shape index (κ2) is 9.10. The van der Waals surface area contributed by atoms with E-state index in [4.69, 9.17) is 4.42 Å². The fraction of sp³-hybridized carbons (Fsp3) is 0.185. The number of urea groups is 1. The Labute approximate surface area is 187 Å². The molecule has 32 heavy (non-hydrogen) atoms. The standard InChI is InChI=1S/C27H26N2O3/c1-18-9-12-25-24(13-18)26(30)22(17-32-25)16-29(15-21-7-5-4-6-8-21)27(31)28-23-11-10-19(2)20(3)14-23/h4-14,17H,15-16H2,1-3H3,(H,28,31). The van der Waals surface area contributed by atoms with Gasteiger partial charge in [-0.3, -0.25) is 4.79 Å². The lowest BCUT2D eigenvalue weighted by molar-refractivity contribution is 0.206. The molecule has 5 nitrogen and oxygen atoms in total. The number of carbonyl (C=O) groups excluding carboxylic acids is 1. The molecule has 0 spiro atoms. The van der Waals surface area contributed by atoms with Gasteiger partial charge in [0.2, 0.25) is 0 Å². The molecular weight excluding hydrogens is 400 g/mol. The second-order valence-corrected chi connectivity index (χ2v) is 8.16. The molecule has 2 amide bonds. The van der Waals surface area contributed by atoms with Crippen LogP contribution in [0, 0.1) is 20.8 Å². The molecule has 4 aromatic rings. The highest BCUT2D eigenvalue weighted by Gasteiger charge is 2.18. The number of hydrogen-bond acceptors (Lipinski definition) is 3. The number of aryl methyl sites for hydroxylation is 3. The van der Waals surface area contributed by atoms with Gasteiger partial charge in [-0.15, -0.1) is 0 Å². The van der Waals surface area contributed by atoms with E-state index < -0.39 is 0 Å². The molecule has 5 heteroatoms. The van der Waals surface area contributed by atoms with Crippen molar-refractivity contribution in [3.8, 4) is 0 Å². The molecule has 0 radical (unpaired) electrons. The zero-order valence-electron chi connectivity index (χ0n) is 18.5. The van der Waals surface area contributed by atoms with Crippen LogP contribution < -0.4 is 10.7 Å². The number of rotatable bonds is 5. The molecule has 0 saturated carbocycles. The SMILES string of the molecule is Cc1ccc2occ(CN(Cc3ccccc3)C(=O)Nc3ccc(C)c(C)c3)c(=O)c2c1. The minimum atomic E-state index is -0.277. The molecule has 0 bridgehead atoms. The van der Waals surface area contributed by atoms with Crippen LogP contribution in [0.1, 0.15) is 27.8 Å². The van der Waals surface area contributed by atoms with Gasteiger partial charge in [0.1, 0.15) is 5.58 Å². The molecule has 0 aliphatic carbocycles. The maximum Gasteiger partial charge on any atom is 0.322 e. The Morgan fingerprint density at radius 2 is 1.69 bits per heavy atom. The lowest BCUT2D eigenvalue weighted by atomic mass is 10.1. The molecular formula is C27H26N2O3. The molecule has 0 atom stereocenters. The van der Waals surface area contributed by atoms with Gasteiger partial charge in [-0.25, -0.2) is 4.79 Å². The summed E-state index contributed by atoms with van der Waals surface area (Å²) in [5.74, 6) is 0. The Morgan fingerprint density at radius 1 is 0.906 bits per heavy atom. The highest BCUT2D eigenvalue weighted by molar-refractivity contribution is 5.89. The highest BCUT2D eigenvalue weighted by atomic mass is 16.3. The van der Waals surface area contributed by atoms with Crippen molar-refractivity contribution < 1.29 is 9.21 Å². The van der Waals surface area contributed by atoms with Crippen molar-refractivity contribution in [2.24, 2.45) is 0 Å². The lowest BCUT2D eigenvalue weighted by Gasteiger charge is -2.23. The summed E-state index contributed by atoms with van der Waals surface area (Å²) in [5.41, 5.74) is 5.80. The second-order valence-electron chi connectivity index (χ2n) is 8.16. The highest BCUT2D eigenvalue weighted by Crippen LogP contribution is 2.18. The quantitative estimate of drug-likeness (QED) is 0.429. The number of amides is 2. The van der Waals surface area contributed by atoms with Crippen LogP contribution in [0.3, 0.4) is 0 Å². The molecule has 3 aromatic carbocycles. The minimum Gasteiger partial charge on any atom is -0.464 e. The molecule has 0 fully saturated rings. The normalized spacial score (nSPS) is 10.8. The third kappa shape index (κ3) is 4.72. The molecule has 0 aliphatic rings. The summed E-state index contributed by atoms with van der Waals surface area (Å²) >= 11 is 0. The fourth-order valence-corrected chi connectivity index (χ4v) is 3.62. The average Bonchev–Trinajstić information content (AvgIpc) is 2.78. The molecule has 1 aromatic heterocycles. The van der Waals surface area contributed by atoms with Crippen LogP contribution >= 0.6 is 0 Å². The van der Waals surface area contributed by atoms with E-state index in [1.807, 2.05) is 81.4 Å². The number of anilines is 1. The van der Waals surface area contributed by atoms with E-state index in [0.717, 1.165) is 27.9 Å². The lowest BCUT2D eigenvalue weighted by Crippen LogP contribution is -2.35. The zero-order chi connectivity index (χ0) is 22.7. The molecule has 1 heterocycles. The van der Waals surface area contributed by atoms with E-state index in [9.17, 15) is 9.59 Å². The molecule has 0 aliphatic heterocycles. The van der Waals surface area contributed by atoms with Crippen LogP contribution in [0.15, 0.2) is 82.2 Å². The number of nitrogens with zero attached hydrogens (tertiary/aromatic N) is 1. The van der Waals surface area contributed by atoms with Crippen LogP contribution in [0.2, 0.25) is 0 Å². The Hall–Kier alpha value is -3.86. The first kappa shape index (κ1) is 21.4. The van der Waals surface area contributed by atoms with E-state index in [-0.39, 0.29) is 18.0 Å². The summed E-state index contributed by atoms with van der Waals surface area (Å²) in [6.45, 7) is 6.48. The van der Waals surface area contributed by atoms with E-state index in [1.54, 1.807) is 11.0 Å². The number of fused-ring (bicyclic) bond motifs is 1. The van der Waals surface area contributed by atoms with E-state index in [2.05, 4.69) is 5.32 Å². The average molecular weight is 427 g/mol. The molecule has 0 unspecified atom stereocenters. The fourth-order valence-electron chi connectivity index (χ4n) is 3.62. The van der Waals surface area contributed by atoms with Gasteiger partial charge in [-0.2, -0.15) is 0 Å². The predicted molar refractivity (Wildman–Crippen MR) is 128 cm³/mol. The smallest absolute Gasteiger partial charge is 0.322 e. The van der Waals surface area contributed by atoms with Crippen LogP contribution in [0.5, 0.6) is 0 Å². The van der Waals surface area contributed by atoms with Gasteiger partial charge in [-0.05, 0) is 61.7 Å². The maximum absolute atomic E-state index is 13.2. The Morgan fingerprint density at radius 3 is 2.44 bits per heavy atom. The number of benzene rings is 3. The molecule has 162 valence electrons. The van der Waals surface area contributed by atoms with Crippen LogP contribution in [0.25, 0.3) is 11.0 Å². The van der Waals surface area contributed by atoms with E-state index in [1.165, 1.54) is 6.26 Å². The van der Waals surface area contributed by atoms with Crippen molar-refractivity contribution >= 4 is 22.7 Å². The third-order valence-corrected chi connectivity index (χ3v) is 5.62. The summed E-state index contributed by atoms with van der Waals surface area (Å²) in [7, 11) is 0. The maximum atomic E-state index is 13.2. The van der Waals surface area contributed by atoms with Crippen molar-refractivity contribution in [1.82, 2.24) is 4.90 Å². The van der Waals surface area contributed by atoms with Crippen molar-refractivity contribution in [3.63, 3.8) is 0 Å². The Bertz CT molecular complexity index is 1330. The van der Waals surface area contributed by atoms with Crippen LogP contribution in [-0.2, 0) is 13.1 Å². The van der Waals surface area contributed by atoms with Gasteiger partial charge in [0, 0.05) is 12.2 Å². The summed E-state index contributed by atoms with van der Waals surface area (Å²) in [6.07, 6.45) is 1.46. The first-order valence-corrected chi connectivity index (χ1v) is 10.6. The number of nitrogens with one attached hydrogen (secondary N) is 1. The van der Waals surface area contributed by atoms with Crippen molar-refractivity contribution in [3.05, 3.63) is 111 Å². The molecule has 4 rings (SSSR count). The van der Waals surface area contributed by atoms with Crippen molar-refractivity contribution in [1.29, 1.82) is 0 Å². The molecule has 0 saturated heterocycles. The summed E-state index contributed by atoms with van der Waals surface area (Å²) in [6, 6.07) is 20.8. The van der Waals surface area contributed by atoms with Gasteiger partial charge in [0.05, 0.1) is 23.8 Å². The third-order valence-electron chi connectivity index (χ3n) is 5.62. The largest absolute Gasteiger partial charge is 0.464 e. The zero-order valence-corrected chi connectivity index (χ0v) is 18.5. The minimum absolute atomic E-state index is 0.119. The van der Waals surface area contributed by atoms with Gasteiger partial charge in [0.15, 0.2) is 5.43 Å². The van der Waals surface area contributed by atoms with Crippen LogP contribution in [-0.4, -0.2) is 10.9 Å². The summed E-state index contributed by atoms with van der Waals surface area (Å²) in [5, 5.41) is 3.50. The number of hydrogen-bond donors (Lipinski definition) is 1. The number of carbonyl (C=O) groups is 1. The monoisotopic (exact) mass is 426 g/mol. The molecule has 1 N–H and O–H groups in total. The Balaban J connectivity index is 1.65. The van der Waals surface area contributed by atoms with Gasteiger partial charge >= 0.3 is 6.03 Å². The first-order valence-electron chi connectivity index (χ1n) is 10.6. The summed E-state index contributed by atoms with van der Waals surface area (Å²) < 4.78 is 5.70.